The van der Waals surface area contributed by atoms with Crippen LogP contribution in [0.4, 0.5) is 8.78 Å². The van der Waals surface area contributed by atoms with Crippen molar-refractivity contribution >= 4 is 11.1 Å². The fourth-order valence-electron chi connectivity index (χ4n) is 1.48. The van der Waals surface area contributed by atoms with E-state index in [4.69, 9.17) is 9.52 Å². The van der Waals surface area contributed by atoms with Gasteiger partial charge >= 0.3 is 5.76 Å². The molecule has 0 saturated heterocycles. The van der Waals surface area contributed by atoms with Crippen molar-refractivity contribution in [3.8, 4) is 0 Å². The Morgan fingerprint density at radius 3 is 2.75 bits per heavy atom. The summed E-state index contributed by atoms with van der Waals surface area (Å²) < 4.78 is 30.6. The first-order valence-electron chi connectivity index (χ1n) is 4.56. The predicted octanol–water partition coefficient (Wildman–Crippen LogP) is 1.43. The number of aryl methyl sites for hydroxylation is 1. The SMILES string of the molecule is Cn1c(=O)oc2cc(C(O)C(F)F)ccc21. The Bertz CT molecular complexity index is 573. The number of aliphatic hydroxyl groups is 1. The number of aliphatic hydroxyl groups excluding tert-OH is 1. The fraction of sp³-hybridized carbons (Fsp3) is 0.300. The minimum atomic E-state index is -2.87. The molecule has 2 rings (SSSR count). The lowest BCUT2D eigenvalue weighted by atomic mass is 10.1. The highest BCUT2D eigenvalue weighted by atomic mass is 19.3. The van der Waals surface area contributed by atoms with E-state index in [0.717, 1.165) is 0 Å². The van der Waals surface area contributed by atoms with Crippen LogP contribution >= 0.6 is 0 Å². The molecule has 0 amide bonds. The highest BCUT2D eigenvalue weighted by Gasteiger charge is 2.20. The Morgan fingerprint density at radius 1 is 1.44 bits per heavy atom. The number of fused-ring (bicyclic) bond motifs is 1. The standard InChI is InChI=1S/C10H9F2NO3/c1-13-6-3-2-5(8(14)9(11)12)4-7(6)16-10(13)15/h2-4,8-9,14H,1H3. The van der Waals surface area contributed by atoms with Crippen molar-refractivity contribution in [1.29, 1.82) is 0 Å². The molecule has 2 aromatic rings. The summed E-state index contributed by atoms with van der Waals surface area (Å²) in [5.41, 5.74) is 0.705. The van der Waals surface area contributed by atoms with Crippen LogP contribution in [0.5, 0.6) is 0 Å². The third-order valence-corrected chi connectivity index (χ3v) is 2.40. The van der Waals surface area contributed by atoms with E-state index in [0.29, 0.717) is 5.52 Å². The van der Waals surface area contributed by atoms with Gasteiger partial charge in [0.05, 0.1) is 5.52 Å². The lowest BCUT2D eigenvalue weighted by molar-refractivity contribution is -0.00573. The van der Waals surface area contributed by atoms with Crippen LogP contribution in [0, 0.1) is 0 Å². The maximum Gasteiger partial charge on any atom is 0.419 e. The number of aromatic nitrogens is 1. The van der Waals surface area contributed by atoms with Crippen LogP contribution in [0.3, 0.4) is 0 Å². The van der Waals surface area contributed by atoms with E-state index >= 15 is 0 Å². The van der Waals surface area contributed by atoms with E-state index in [1.54, 1.807) is 0 Å². The topological polar surface area (TPSA) is 55.4 Å². The Kier molecular flexibility index (Phi) is 2.51. The van der Waals surface area contributed by atoms with Crippen LogP contribution < -0.4 is 5.76 Å². The highest BCUT2D eigenvalue weighted by molar-refractivity contribution is 5.73. The molecule has 86 valence electrons. The van der Waals surface area contributed by atoms with Crippen molar-refractivity contribution in [2.24, 2.45) is 7.05 Å². The van der Waals surface area contributed by atoms with Crippen LogP contribution in [0.2, 0.25) is 0 Å². The zero-order valence-electron chi connectivity index (χ0n) is 8.35. The number of benzene rings is 1. The van der Waals surface area contributed by atoms with Crippen molar-refractivity contribution < 1.29 is 18.3 Å². The molecule has 1 aromatic heterocycles. The molecule has 1 atom stereocenters. The van der Waals surface area contributed by atoms with Crippen LogP contribution in [-0.2, 0) is 7.05 Å². The molecule has 1 aromatic carbocycles. The molecule has 0 fully saturated rings. The summed E-state index contributed by atoms with van der Waals surface area (Å²) in [4.78, 5) is 11.1. The second-order valence-corrected chi connectivity index (χ2v) is 3.43. The normalized spacial score (nSPS) is 13.6. The maximum atomic E-state index is 12.3. The van der Waals surface area contributed by atoms with Gasteiger partial charge in [0.15, 0.2) is 5.58 Å². The molecule has 0 saturated carbocycles. The van der Waals surface area contributed by atoms with E-state index in [1.807, 2.05) is 0 Å². The minimum absolute atomic E-state index is 0.0249. The Balaban J connectivity index is 2.57. The maximum absolute atomic E-state index is 12.3. The van der Waals surface area contributed by atoms with E-state index in [9.17, 15) is 13.6 Å². The van der Waals surface area contributed by atoms with Gasteiger partial charge in [0.25, 0.3) is 6.43 Å². The highest BCUT2D eigenvalue weighted by Crippen LogP contribution is 2.23. The van der Waals surface area contributed by atoms with Gasteiger partial charge in [-0.3, -0.25) is 4.57 Å². The molecule has 0 aliphatic heterocycles. The number of halogens is 2. The summed E-state index contributed by atoms with van der Waals surface area (Å²) in [6.07, 6.45) is -4.73. The smallest absolute Gasteiger partial charge is 0.408 e. The van der Waals surface area contributed by atoms with E-state index in [-0.39, 0.29) is 11.1 Å². The molecule has 6 heteroatoms. The van der Waals surface area contributed by atoms with Gasteiger partial charge in [0.2, 0.25) is 0 Å². The number of oxazole rings is 1. The first kappa shape index (κ1) is 10.8. The van der Waals surface area contributed by atoms with Crippen LogP contribution in [-0.4, -0.2) is 16.1 Å². The Hall–Kier alpha value is -1.69. The summed E-state index contributed by atoms with van der Waals surface area (Å²) in [6.45, 7) is 0. The first-order chi connectivity index (χ1) is 7.50. The predicted molar refractivity (Wildman–Crippen MR) is 52.4 cm³/mol. The lowest BCUT2D eigenvalue weighted by Gasteiger charge is -2.08. The molecule has 0 radical (unpaired) electrons. The molecular formula is C10H9F2NO3. The third kappa shape index (κ3) is 1.61. The number of alkyl halides is 2. The average molecular weight is 229 g/mol. The number of hydrogen-bond donors (Lipinski definition) is 1. The molecule has 1 unspecified atom stereocenters. The molecule has 0 aliphatic carbocycles. The van der Waals surface area contributed by atoms with Crippen LogP contribution in [0.25, 0.3) is 11.1 Å². The summed E-state index contributed by atoms with van der Waals surface area (Å²) in [5.74, 6) is -0.571. The summed E-state index contributed by atoms with van der Waals surface area (Å²) in [6, 6.07) is 4.04. The van der Waals surface area contributed by atoms with Gasteiger partial charge < -0.3 is 9.52 Å². The molecule has 0 spiro atoms. The zero-order chi connectivity index (χ0) is 11.9. The van der Waals surface area contributed by atoms with Crippen molar-refractivity contribution in [3.05, 3.63) is 34.3 Å². The Morgan fingerprint density at radius 2 is 2.12 bits per heavy atom. The third-order valence-electron chi connectivity index (χ3n) is 2.40. The van der Waals surface area contributed by atoms with E-state index < -0.39 is 18.3 Å². The Labute approximate surface area is 88.7 Å². The number of hydrogen-bond acceptors (Lipinski definition) is 3. The van der Waals surface area contributed by atoms with Gasteiger partial charge in [0.1, 0.15) is 6.10 Å². The number of nitrogens with zero attached hydrogens (tertiary/aromatic N) is 1. The molecule has 0 aliphatic rings. The quantitative estimate of drug-likeness (QED) is 0.847. The molecule has 16 heavy (non-hydrogen) atoms. The summed E-state index contributed by atoms with van der Waals surface area (Å²) in [7, 11) is 1.51. The minimum Gasteiger partial charge on any atom is -0.408 e. The monoisotopic (exact) mass is 229 g/mol. The van der Waals surface area contributed by atoms with Gasteiger partial charge in [-0.1, -0.05) is 6.07 Å². The van der Waals surface area contributed by atoms with Gasteiger partial charge in [-0.25, -0.2) is 13.6 Å². The molecular weight excluding hydrogens is 220 g/mol. The van der Waals surface area contributed by atoms with Gasteiger partial charge in [0, 0.05) is 7.05 Å². The second kappa shape index (κ2) is 3.71. The zero-order valence-corrected chi connectivity index (χ0v) is 8.35. The van der Waals surface area contributed by atoms with Crippen LogP contribution in [0.15, 0.2) is 27.4 Å². The van der Waals surface area contributed by atoms with Gasteiger partial charge in [-0.15, -0.1) is 0 Å². The molecule has 0 bridgehead atoms. The fourth-order valence-corrected chi connectivity index (χ4v) is 1.48. The van der Waals surface area contributed by atoms with Crippen LogP contribution in [0.1, 0.15) is 11.7 Å². The van der Waals surface area contributed by atoms with E-state index in [2.05, 4.69) is 0 Å². The molecule has 1 heterocycles. The second-order valence-electron chi connectivity index (χ2n) is 3.43. The van der Waals surface area contributed by atoms with Gasteiger partial charge in [-0.2, -0.15) is 0 Å². The summed E-state index contributed by atoms with van der Waals surface area (Å²) in [5, 5.41) is 9.16. The lowest BCUT2D eigenvalue weighted by Crippen LogP contribution is -2.08. The summed E-state index contributed by atoms with van der Waals surface area (Å²) >= 11 is 0. The number of rotatable bonds is 2. The first-order valence-corrected chi connectivity index (χ1v) is 4.56. The van der Waals surface area contributed by atoms with E-state index in [1.165, 1.54) is 29.8 Å². The van der Waals surface area contributed by atoms with Crippen molar-refractivity contribution in [2.75, 3.05) is 0 Å². The van der Waals surface area contributed by atoms with Crippen molar-refractivity contribution in [3.63, 3.8) is 0 Å². The largest absolute Gasteiger partial charge is 0.419 e. The van der Waals surface area contributed by atoms with Crippen molar-refractivity contribution in [1.82, 2.24) is 4.57 Å². The van der Waals surface area contributed by atoms with Gasteiger partial charge in [-0.05, 0) is 17.7 Å². The van der Waals surface area contributed by atoms with Crippen molar-refractivity contribution in [2.45, 2.75) is 12.5 Å². The average Bonchev–Trinajstić information content (AvgIpc) is 2.53. The molecule has 1 N–H and O–H groups in total. The molecule has 4 nitrogen and oxygen atoms in total.